The topological polar surface area (TPSA) is 59.0 Å². The molecule has 1 amide bonds. The molecule has 0 saturated carbocycles. The summed E-state index contributed by atoms with van der Waals surface area (Å²) in [4.78, 5) is 12.3. The predicted octanol–water partition coefficient (Wildman–Crippen LogP) is 2.39. The first kappa shape index (κ1) is 14.7. The number of amides is 1. The van der Waals surface area contributed by atoms with E-state index in [-0.39, 0.29) is 5.91 Å². The predicted molar refractivity (Wildman–Crippen MR) is 82.5 cm³/mol. The van der Waals surface area contributed by atoms with Crippen LogP contribution in [0.1, 0.15) is 17.2 Å². The van der Waals surface area contributed by atoms with E-state index in [0.29, 0.717) is 0 Å². The summed E-state index contributed by atoms with van der Waals surface area (Å²) in [6, 6.07) is 5.30. The number of nitrogens with zero attached hydrogens (tertiary/aromatic N) is 2. The van der Waals surface area contributed by atoms with Crippen molar-refractivity contribution in [2.24, 2.45) is 7.05 Å². The van der Waals surface area contributed by atoms with E-state index in [0.717, 1.165) is 21.3 Å². The van der Waals surface area contributed by atoms with Gasteiger partial charge in [-0.15, -0.1) is 0 Å². The molecule has 0 spiro atoms. The Bertz CT molecular complexity index is 623. The van der Waals surface area contributed by atoms with Crippen LogP contribution in [0.15, 0.2) is 35.1 Å². The smallest absolute Gasteiger partial charge is 0.246 e. The van der Waals surface area contributed by atoms with E-state index in [1.165, 1.54) is 0 Å². The molecule has 0 bridgehead atoms. The zero-order valence-electron chi connectivity index (χ0n) is 11.6. The van der Waals surface area contributed by atoms with Gasteiger partial charge in [-0.1, -0.05) is 22.0 Å². The third-order valence-electron chi connectivity index (χ3n) is 3.05. The summed E-state index contributed by atoms with van der Waals surface area (Å²) in [5.41, 5.74) is 2.72. The van der Waals surface area contributed by atoms with Gasteiger partial charge >= 0.3 is 0 Å². The molecule has 1 unspecified atom stereocenters. The molecular formula is C14H17BrN4O. The molecule has 6 heteroatoms. The molecule has 1 aromatic heterocycles. The van der Waals surface area contributed by atoms with Gasteiger partial charge in [0.15, 0.2) is 0 Å². The first-order chi connectivity index (χ1) is 9.51. The van der Waals surface area contributed by atoms with Crippen molar-refractivity contribution in [3.63, 3.8) is 0 Å². The minimum absolute atomic E-state index is 0.115. The minimum Gasteiger partial charge on any atom is -0.324 e. The van der Waals surface area contributed by atoms with Crippen molar-refractivity contribution in [2.45, 2.75) is 13.0 Å². The van der Waals surface area contributed by atoms with Crippen LogP contribution in [0.4, 0.5) is 5.69 Å². The van der Waals surface area contributed by atoms with Gasteiger partial charge in [0, 0.05) is 29.0 Å². The van der Waals surface area contributed by atoms with Crippen LogP contribution in [0.25, 0.3) is 0 Å². The van der Waals surface area contributed by atoms with Crippen molar-refractivity contribution in [1.82, 2.24) is 15.1 Å². The second-order valence-corrected chi connectivity index (χ2v) is 5.48. The summed E-state index contributed by atoms with van der Waals surface area (Å²) in [5.74, 6) is -0.115. The number of hydrogen-bond acceptors (Lipinski definition) is 3. The number of carbonyl (C=O) groups excluding carboxylic acids is 1. The largest absolute Gasteiger partial charge is 0.324 e. The lowest BCUT2D eigenvalue weighted by atomic mass is 10.1. The molecule has 0 radical (unpaired) electrons. The van der Waals surface area contributed by atoms with Gasteiger partial charge in [0.05, 0.1) is 6.20 Å². The normalized spacial score (nSPS) is 12.2. The minimum atomic E-state index is -0.427. The number of aryl methyl sites for hydroxylation is 2. The van der Waals surface area contributed by atoms with Crippen molar-refractivity contribution in [1.29, 1.82) is 0 Å². The fourth-order valence-electron chi connectivity index (χ4n) is 1.92. The van der Waals surface area contributed by atoms with E-state index >= 15 is 0 Å². The number of carbonyl (C=O) groups is 1. The van der Waals surface area contributed by atoms with Crippen LogP contribution < -0.4 is 10.6 Å². The lowest BCUT2D eigenvalue weighted by molar-refractivity contribution is -0.118. The number of likely N-dealkylation sites (N-methyl/N-ethyl adjacent to an activating group) is 1. The Kier molecular flexibility index (Phi) is 4.57. The SMILES string of the molecule is CNC(C(=O)Nc1ccc(C)c(Br)c1)c1cnn(C)c1. The van der Waals surface area contributed by atoms with E-state index < -0.39 is 6.04 Å². The molecule has 1 heterocycles. The number of aromatic nitrogens is 2. The Morgan fingerprint density at radius 1 is 1.45 bits per heavy atom. The molecule has 1 aromatic carbocycles. The van der Waals surface area contributed by atoms with Crippen LogP contribution in [0.5, 0.6) is 0 Å². The molecule has 5 nitrogen and oxygen atoms in total. The van der Waals surface area contributed by atoms with Gasteiger partial charge in [-0.05, 0) is 31.7 Å². The van der Waals surface area contributed by atoms with E-state index in [1.807, 2.05) is 38.4 Å². The van der Waals surface area contributed by atoms with Gasteiger partial charge in [0.25, 0.3) is 0 Å². The molecule has 106 valence electrons. The summed E-state index contributed by atoms with van der Waals surface area (Å²) < 4.78 is 2.65. The molecular weight excluding hydrogens is 320 g/mol. The molecule has 20 heavy (non-hydrogen) atoms. The van der Waals surface area contributed by atoms with E-state index in [9.17, 15) is 4.79 Å². The van der Waals surface area contributed by atoms with E-state index in [4.69, 9.17) is 0 Å². The molecule has 0 saturated heterocycles. The molecule has 0 aliphatic heterocycles. The summed E-state index contributed by atoms with van der Waals surface area (Å²) in [6.45, 7) is 2.00. The van der Waals surface area contributed by atoms with Crippen LogP contribution in [-0.2, 0) is 11.8 Å². The summed E-state index contributed by atoms with van der Waals surface area (Å²) in [5, 5.41) is 9.99. The second kappa shape index (κ2) is 6.19. The maximum Gasteiger partial charge on any atom is 0.246 e. The van der Waals surface area contributed by atoms with Gasteiger partial charge in [0.2, 0.25) is 5.91 Å². The highest BCUT2D eigenvalue weighted by molar-refractivity contribution is 9.10. The Hall–Kier alpha value is -1.66. The van der Waals surface area contributed by atoms with Crippen molar-refractivity contribution in [3.05, 3.63) is 46.2 Å². The van der Waals surface area contributed by atoms with Crippen molar-refractivity contribution < 1.29 is 4.79 Å². The number of benzene rings is 1. The van der Waals surface area contributed by atoms with E-state index in [1.54, 1.807) is 17.9 Å². The summed E-state index contributed by atoms with van der Waals surface area (Å²) in [7, 11) is 3.58. The first-order valence-corrected chi connectivity index (χ1v) is 7.03. The van der Waals surface area contributed by atoms with E-state index in [2.05, 4.69) is 31.7 Å². The maximum atomic E-state index is 12.3. The highest BCUT2D eigenvalue weighted by Gasteiger charge is 2.20. The van der Waals surface area contributed by atoms with Crippen molar-refractivity contribution in [3.8, 4) is 0 Å². The van der Waals surface area contributed by atoms with Crippen molar-refractivity contribution >= 4 is 27.5 Å². The third-order valence-corrected chi connectivity index (χ3v) is 3.90. The molecule has 0 aliphatic rings. The fraction of sp³-hybridized carbons (Fsp3) is 0.286. The second-order valence-electron chi connectivity index (χ2n) is 4.62. The van der Waals surface area contributed by atoms with Crippen molar-refractivity contribution in [2.75, 3.05) is 12.4 Å². The van der Waals surface area contributed by atoms with Crippen LogP contribution in [0.2, 0.25) is 0 Å². The third kappa shape index (κ3) is 3.26. The molecule has 1 atom stereocenters. The zero-order chi connectivity index (χ0) is 14.7. The lowest BCUT2D eigenvalue weighted by Crippen LogP contribution is -2.30. The van der Waals surface area contributed by atoms with Gasteiger partial charge in [0.1, 0.15) is 6.04 Å². The van der Waals surface area contributed by atoms with Gasteiger partial charge in [-0.2, -0.15) is 5.10 Å². The molecule has 2 aromatic rings. The van der Waals surface area contributed by atoms with Crippen LogP contribution >= 0.6 is 15.9 Å². The monoisotopic (exact) mass is 336 g/mol. The molecule has 2 rings (SSSR count). The fourth-order valence-corrected chi connectivity index (χ4v) is 2.30. The Morgan fingerprint density at radius 2 is 2.20 bits per heavy atom. The number of rotatable bonds is 4. The summed E-state index contributed by atoms with van der Waals surface area (Å²) >= 11 is 3.46. The standard InChI is InChI=1S/C14H17BrN4O/c1-9-4-5-11(6-12(9)15)18-14(20)13(16-2)10-7-17-19(3)8-10/h4-8,13,16H,1-3H3,(H,18,20). The van der Waals surface area contributed by atoms with Gasteiger partial charge in [-0.25, -0.2) is 0 Å². The number of nitrogens with one attached hydrogen (secondary N) is 2. The first-order valence-electron chi connectivity index (χ1n) is 6.24. The highest BCUT2D eigenvalue weighted by atomic mass is 79.9. The quantitative estimate of drug-likeness (QED) is 0.901. The molecule has 0 fully saturated rings. The Labute approximate surface area is 126 Å². The Balaban J connectivity index is 2.15. The zero-order valence-corrected chi connectivity index (χ0v) is 13.2. The summed E-state index contributed by atoms with van der Waals surface area (Å²) in [6.07, 6.45) is 3.51. The maximum absolute atomic E-state index is 12.3. The molecule has 0 aliphatic carbocycles. The van der Waals surface area contributed by atoms with Gasteiger partial charge in [-0.3, -0.25) is 9.48 Å². The number of hydrogen-bond donors (Lipinski definition) is 2. The number of anilines is 1. The average molecular weight is 337 g/mol. The average Bonchev–Trinajstić information content (AvgIpc) is 2.81. The van der Waals surface area contributed by atoms with Crippen LogP contribution in [-0.4, -0.2) is 22.7 Å². The Morgan fingerprint density at radius 3 is 2.75 bits per heavy atom. The van der Waals surface area contributed by atoms with Gasteiger partial charge < -0.3 is 10.6 Å². The van der Waals surface area contributed by atoms with Crippen LogP contribution in [0, 0.1) is 6.92 Å². The molecule has 2 N–H and O–H groups in total. The lowest BCUT2D eigenvalue weighted by Gasteiger charge is -2.15. The highest BCUT2D eigenvalue weighted by Crippen LogP contribution is 2.22. The van der Waals surface area contributed by atoms with Crippen LogP contribution in [0.3, 0.4) is 0 Å². The number of halogens is 1.